The molecule has 18 heavy (non-hydrogen) atoms. The molecule has 0 N–H and O–H groups in total. The zero-order valence-electron chi connectivity index (χ0n) is 11.2. The summed E-state index contributed by atoms with van der Waals surface area (Å²) in [6.07, 6.45) is 1.13. The number of halogens is 1. The lowest BCUT2D eigenvalue weighted by Gasteiger charge is -2.19. The summed E-state index contributed by atoms with van der Waals surface area (Å²) in [6.45, 7) is 8.28. The van der Waals surface area contributed by atoms with E-state index in [0.29, 0.717) is 11.8 Å². The smallest absolute Gasteiger partial charge is 0.255 e. The number of likely N-dealkylation sites (tertiary alicyclic amines) is 1. The van der Waals surface area contributed by atoms with E-state index < -0.39 is 0 Å². The highest BCUT2D eigenvalue weighted by Gasteiger charge is 2.29. The molecule has 0 radical (unpaired) electrons. The summed E-state index contributed by atoms with van der Waals surface area (Å²) in [5.41, 5.74) is 1.90. The molecule has 0 aliphatic carbocycles. The predicted molar refractivity (Wildman–Crippen MR) is 77.7 cm³/mol. The number of hydrogen-bond donors (Lipinski definition) is 0. The zero-order valence-corrected chi connectivity index (χ0v) is 12.8. The minimum Gasteiger partial charge on any atom is -0.338 e. The lowest BCUT2D eigenvalue weighted by Crippen LogP contribution is -2.29. The minimum absolute atomic E-state index is 0.161. The van der Waals surface area contributed by atoms with Crippen molar-refractivity contribution < 1.29 is 4.79 Å². The highest BCUT2D eigenvalue weighted by atomic mass is 79.9. The zero-order chi connectivity index (χ0) is 13.3. The molecule has 1 aromatic rings. The van der Waals surface area contributed by atoms with Crippen molar-refractivity contribution in [3.05, 3.63) is 33.8 Å². The molecular formula is C15H20BrNO. The molecule has 1 heterocycles. The Bertz CT molecular complexity index is 456. The molecule has 1 amide bonds. The summed E-state index contributed by atoms with van der Waals surface area (Å²) in [4.78, 5) is 14.5. The van der Waals surface area contributed by atoms with E-state index in [1.807, 2.05) is 30.0 Å². The molecule has 1 atom stereocenters. The maximum absolute atomic E-state index is 12.5. The number of carbonyl (C=O) groups excluding carboxylic acids is 1. The second-order valence-corrected chi connectivity index (χ2v) is 6.27. The molecule has 3 heteroatoms. The molecule has 1 aromatic carbocycles. The first kappa shape index (κ1) is 13.6. The fourth-order valence-corrected chi connectivity index (χ4v) is 2.93. The molecule has 0 saturated carbocycles. The molecule has 1 aliphatic heterocycles. The molecular weight excluding hydrogens is 290 g/mol. The minimum atomic E-state index is 0.161. The van der Waals surface area contributed by atoms with Crippen molar-refractivity contribution in [2.75, 3.05) is 13.1 Å². The molecule has 98 valence electrons. The standard InChI is InChI=1S/C15H20BrNO/c1-10(2)12-7-8-17(9-12)15(18)13-6-4-5-11(3)14(13)16/h4-6,10,12H,7-9H2,1-3H3. The molecule has 0 aromatic heterocycles. The van der Waals surface area contributed by atoms with Crippen LogP contribution in [0.15, 0.2) is 22.7 Å². The van der Waals surface area contributed by atoms with E-state index in [4.69, 9.17) is 0 Å². The van der Waals surface area contributed by atoms with E-state index in [1.165, 1.54) is 0 Å². The third-order valence-electron chi connectivity index (χ3n) is 3.88. The van der Waals surface area contributed by atoms with Crippen molar-refractivity contribution in [1.29, 1.82) is 0 Å². The number of carbonyl (C=O) groups is 1. The summed E-state index contributed by atoms with van der Waals surface area (Å²) in [5.74, 6) is 1.47. The van der Waals surface area contributed by atoms with Gasteiger partial charge in [-0.15, -0.1) is 0 Å². The third-order valence-corrected chi connectivity index (χ3v) is 4.93. The molecule has 2 nitrogen and oxygen atoms in total. The van der Waals surface area contributed by atoms with Crippen molar-refractivity contribution >= 4 is 21.8 Å². The van der Waals surface area contributed by atoms with Crippen molar-refractivity contribution in [3.8, 4) is 0 Å². The summed E-state index contributed by atoms with van der Waals surface area (Å²) in [6, 6.07) is 5.87. The van der Waals surface area contributed by atoms with Gasteiger partial charge in [0.2, 0.25) is 0 Å². The maximum Gasteiger partial charge on any atom is 0.255 e. The maximum atomic E-state index is 12.5. The van der Waals surface area contributed by atoms with E-state index in [2.05, 4.69) is 29.8 Å². The lowest BCUT2D eigenvalue weighted by molar-refractivity contribution is 0.0783. The Balaban J connectivity index is 2.16. The van der Waals surface area contributed by atoms with Crippen molar-refractivity contribution in [1.82, 2.24) is 4.90 Å². The molecule has 1 saturated heterocycles. The Morgan fingerprint density at radius 1 is 1.44 bits per heavy atom. The first-order valence-corrected chi connectivity index (χ1v) is 7.34. The summed E-state index contributed by atoms with van der Waals surface area (Å²) >= 11 is 3.52. The number of rotatable bonds is 2. The molecule has 1 fully saturated rings. The van der Waals surface area contributed by atoms with Crippen LogP contribution in [0, 0.1) is 18.8 Å². The Morgan fingerprint density at radius 2 is 2.17 bits per heavy atom. The van der Waals surface area contributed by atoms with E-state index in [1.54, 1.807) is 0 Å². The second-order valence-electron chi connectivity index (χ2n) is 5.48. The van der Waals surface area contributed by atoms with Gasteiger partial charge in [0.25, 0.3) is 5.91 Å². The van der Waals surface area contributed by atoms with E-state index in [9.17, 15) is 4.79 Å². The van der Waals surface area contributed by atoms with Crippen LogP contribution in [0.1, 0.15) is 36.2 Å². The Hall–Kier alpha value is -0.830. The Morgan fingerprint density at radius 3 is 2.78 bits per heavy atom. The van der Waals surface area contributed by atoms with E-state index in [0.717, 1.165) is 35.1 Å². The normalized spacial score (nSPS) is 19.6. The largest absolute Gasteiger partial charge is 0.338 e. The van der Waals surface area contributed by atoms with E-state index in [-0.39, 0.29) is 5.91 Å². The summed E-state index contributed by atoms with van der Waals surface area (Å²) in [5, 5.41) is 0. The quantitative estimate of drug-likeness (QED) is 0.812. The van der Waals surface area contributed by atoms with Crippen LogP contribution in [0.4, 0.5) is 0 Å². The van der Waals surface area contributed by atoms with Gasteiger partial charge in [0.15, 0.2) is 0 Å². The SMILES string of the molecule is Cc1cccc(C(=O)N2CCC(C(C)C)C2)c1Br. The lowest BCUT2D eigenvalue weighted by atomic mass is 9.95. The average Bonchev–Trinajstić information content (AvgIpc) is 2.81. The van der Waals surface area contributed by atoms with Crippen LogP contribution in [0.5, 0.6) is 0 Å². The van der Waals surface area contributed by atoms with Gasteiger partial charge in [-0.3, -0.25) is 4.79 Å². The number of aryl methyl sites for hydroxylation is 1. The van der Waals surface area contributed by atoms with Gasteiger partial charge >= 0.3 is 0 Å². The topological polar surface area (TPSA) is 20.3 Å². The Kier molecular flexibility index (Phi) is 4.10. The van der Waals surface area contributed by atoms with Gasteiger partial charge in [-0.05, 0) is 52.7 Å². The third kappa shape index (κ3) is 2.61. The molecule has 0 bridgehead atoms. The van der Waals surface area contributed by atoms with Crippen LogP contribution in [0.2, 0.25) is 0 Å². The molecule has 2 rings (SSSR count). The second kappa shape index (κ2) is 5.43. The Labute approximate surface area is 117 Å². The predicted octanol–water partition coefficient (Wildman–Crippen LogP) is 3.88. The number of benzene rings is 1. The number of hydrogen-bond acceptors (Lipinski definition) is 1. The van der Waals surface area contributed by atoms with Crippen LogP contribution in [0.25, 0.3) is 0 Å². The van der Waals surface area contributed by atoms with Crippen LogP contribution in [-0.2, 0) is 0 Å². The van der Waals surface area contributed by atoms with Gasteiger partial charge in [-0.1, -0.05) is 26.0 Å². The van der Waals surface area contributed by atoms with Crippen molar-refractivity contribution in [2.45, 2.75) is 27.2 Å². The molecule has 0 spiro atoms. The molecule has 1 aliphatic rings. The molecule has 1 unspecified atom stereocenters. The van der Waals surface area contributed by atoms with Gasteiger partial charge in [0, 0.05) is 17.6 Å². The average molecular weight is 310 g/mol. The van der Waals surface area contributed by atoms with Crippen LogP contribution in [0.3, 0.4) is 0 Å². The van der Waals surface area contributed by atoms with Gasteiger partial charge < -0.3 is 4.90 Å². The van der Waals surface area contributed by atoms with Crippen LogP contribution >= 0.6 is 15.9 Å². The highest BCUT2D eigenvalue weighted by molar-refractivity contribution is 9.10. The van der Waals surface area contributed by atoms with Crippen molar-refractivity contribution in [3.63, 3.8) is 0 Å². The van der Waals surface area contributed by atoms with Gasteiger partial charge in [0.1, 0.15) is 0 Å². The monoisotopic (exact) mass is 309 g/mol. The fraction of sp³-hybridized carbons (Fsp3) is 0.533. The van der Waals surface area contributed by atoms with Crippen molar-refractivity contribution in [2.24, 2.45) is 11.8 Å². The van der Waals surface area contributed by atoms with Gasteiger partial charge in [-0.2, -0.15) is 0 Å². The van der Waals surface area contributed by atoms with Crippen LogP contribution in [-0.4, -0.2) is 23.9 Å². The summed E-state index contributed by atoms with van der Waals surface area (Å²) in [7, 11) is 0. The summed E-state index contributed by atoms with van der Waals surface area (Å²) < 4.78 is 0.933. The van der Waals surface area contributed by atoms with Crippen LogP contribution < -0.4 is 0 Å². The van der Waals surface area contributed by atoms with E-state index >= 15 is 0 Å². The first-order valence-electron chi connectivity index (χ1n) is 6.55. The number of nitrogens with zero attached hydrogens (tertiary/aromatic N) is 1. The van der Waals surface area contributed by atoms with Gasteiger partial charge in [-0.25, -0.2) is 0 Å². The van der Waals surface area contributed by atoms with Gasteiger partial charge in [0.05, 0.1) is 5.56 Å². The highest BCUT2D eigenvalue weighted by Crippen LogP contribution is 2.28. The fourth-order valence-electron chi connectivity index (χ4n) is 2.50. The number of amides is 1. The first-order chi connectivity index (χ1) is 8.50.